The fourth-order valence-corrected chi connectivity index (χ4v) is 2.73. The summed E-state index contributed by atoms with van der Waals surface area (Å²) in [5.74, 6) is 0.0764. The smallest absolute Gasteiger partial charge is 0.223 e. The zero-order chi connectivity index (χ0) is 14.8. The molecule has 0 atom stereocenters. The van der Waals surface area contributed by atoms with E-state index in [0.717, 1.165) is 35.6 Å². The van der Waals surface area contributed by atoms with Crippen molar-refractivity contribution in [1.82, 2.24) is 0 Å². The van der Waals surface area contributed by atoms with Crippen molar-refractivity contribution in [2.45, 2.75) is 19.9 Å². The highest BCUT2D eigenvalue weighted by atomic mass is 16.2. The van der Waals surface area contributed by atoms with Gasteiger partial charge in [0.1, 0.15) is 0 Å². The minimum Gasteiger partial charge on any atom is -0.397 e. The van der Waals surface area contributed by atoms with Crippen molar-refractivity contribution in [3.8, 4) is 0 Å². The van der Waals surface area contributed by atoms with Gasteiger partial charge < -0.3 is 16.0 Å². The molecule has 2 aromatic rings. The average Bonchev–Trinajstić information content (AvgIpc) is 2.88. The first-order chi connectivity index (χ1) is 10.1. The van der Waals surface area contributed by atoms with E-state index in [1.807, 2.05) is 35.2 Å². The maximum atomic E-state index is 11.7. The molecule has 3 rings (SSSR count). The summed E-state index contributed by atoms with van der Waals surface area (Å²) in [4.78, 5) is 13.5. The first kappa shape index (κ1) is 13.5. The SMILES string of the molecule is CC(=O)N1CCc2cc(N)c(NCc3ccccc3)cc21. The summed E-state index contributed by atoms with van der Waals surface area (Å²) in [6.45, 7) is 3.05. The van der Waals surface area contributed by atoms with Crippen molar-refractivity contribution in [2.75, 3.05) is 22.5 Å². The highest BCUT2D eigenvalue weighted by Crippen LogP contribution is 2.35. The molecule has 0 aliphatic carbocycles. The molecular weight excluding hydrogens is 262 g/mol. The van der Waals surface area contributed by atoms with Gasteiger partial charge in [0.25, 0.3) is 0 Å². The molecule has 21 heavy (non-hydrogen) atoms. The summed E-state index contributed by atoms with van der Waals surface area (Å²) in [7, 11) is 0. The Bertz CT molecular complexity index is 667. The number of hydrogen-bond acceptors (Lipinski definition) is 3. The molecule has 4 nitrogen and oxygen atoms in total. The monoisotopic (exact) mass is 281 g/mol. The lowest BCUT2D eigenvalue weighted by atomic mass is 10.1. The van der Waals surface area contributed by atoms with Crippen LogP contribution in [0.2, 0.25) is 0 Å². The van der Waals surface area contributed by atoms with Crippen molar-refractivity contribution in [2.24, 2.45) is 0 Å². The van der Waals surface area contributed by atoms with Crippen LogP contribution in [0.1, 0.15) is 18.1 Å². The zero-order valence-electron chi connectivity index (χ0n) is 12.1. The number of fused-ring (bicyclic) bond motifs is 1. The van der Waals surface area contributed by atoms with E-state index in [9.17, 15) is 4.79 Å². The molecule has 0 unspecified atom stereocenters. The molecule has 0 saturated heterocycles. The molecule has 2 aromatic carbocycles. The van der Waals surface area contributed by atoms with Crippen molar-refractivity contribution in [1.29, 1.82) is 0 Å². The second-order valence-electron chi connectivity index (χ2n) is 5.33. The van der Waals surface area contributed by atoms with Crippen LogP contribution in [0.15, 0.2) is 42.5 Å². The molecule has 108 valence electrons. The molecule has 1 aliphatic rings. The Balaban J connectivity index is 1.83. The predicted molar refractivity (Wildman–Crippen MR) is 86.4 cm³/mol. The van der Waals surface area contributed by atoms with Crippen LogP contribution >= 0.6 is 0 Å². The second kappa shape index (κ2) is 5.48. The van der Waals surface area contributed by atoms with Gasteiger partial charge in [0.05, 0.1) is 11.4 Å². The summed E-state index contributed by atoms with van der Waals surface area (Å²) >= 11 is 0. The molecule has 0 saturated carbocycles. The first-order valence-electron chi connectivity index (χ1n) is 7.13. The number of nitrogens with zero attached hydrogens (tertiary/aromatic N) is 1. The first-order valence-corrected chi connectivity index (χ1v) is 7.13. The summed E-state index contributed by atoms with van der Waals surface area (Å²) in [6, 6.07) is 14.1. The van der Waals surface area contributed by atoms with Gasteiger partial charge in [-0.1, -0.05) is 30.3 Å². The fourth-order valence-electron chi connectivity index (χ4n) is 2.73. The van der Waals surface area contributed by atoms with E-state index in [2.05, 4.69) is 17.4 Å². The van der Waals surface area contributed by atoms with Crippen LogP contribution in [-0.4, -0.2) is 12.5 Å². The lowest BCUT2D eigenvalue weighted by molar-refractivity contribution is -0.116. The standard InChI is InChI=1S/C17H19N3O/c1-12(21)20-8-7-14-9-15(18)16(10-17(14)20)19-11-13-5-3-2-4-6-13/h2-6,9-10,19H,7-8,11,18H2,1H3. The maximum Gasteiger partial charge on any atom is 0.223 e. The number of amides is 1. The van der Waals surface area contributed by atoms with E-state index in [4.69, 9.17) is 5.73 Å². The van der Waals surface area contributed by atoms with Gasteiger partial charge in [0, 0.05) is 25.7 Å². The highest BCUT2D eigenvalue weighted by Gasteiger charge is 2.23. The van der Waals surface area contributed by atoms with Gasteiger partial charge in [0.15, 0.2) is 0 Å². The van der Waals surface area contributed by atoms with Crippen LogP contribution in [0.4, 0.5) is 17.1 Å². The quantitative estimate of drug-likeness (QED) is 0.851. The molecule has 1 aliphatic heterocycles. The number of carbonyl (C=O) groups excluding carboxylic acids is 1. The number of rotatable bonds is 3. The number of benzene rings is 2. The third-order valence-electron chi connectivity index (χ3n) is 3.85. The summed E-state index contributed by atoms with van der Waals surface area (Å²) in [5.41, 5.74) is 11.0. The Kier molecular flexibility index (Phi) is 3.52. The predicted octanol–water partition coefficient (Wildman–Crippen LogP) is 2.79. The Hall–Kier alpha value is -2.49. The van der Waals surface area contributed by atoms with Gasteiger partial charge in [-0.15, -0.1) is 0 Å². The Morgan fingerprint density at radius 2 is 2.05 bits per heavy atom. The summed E-state index contributed by atoms with van der Waals surface area (Å²) in [5, 5.41) is 3.36. The lowest BCUT2D eigenvalue weighted by Crippen LogP contribution is -2.25. The Morgan fingerprint density at radius 3 is 2.76 bits per heavy atom. The van der Waals surface area contributed by atoms with Crippen LogP contribution in [-0.2, 0) is 17.8 Å². The highest BCUT2D eigenvalue weighted by molar-refractivity contribution is 5.95. The van der Waals surface area contributed by atoms with E-state index in [0.29, 0.717) is 6.54 Å². The molecule has 0 spiro atoms. The molecule has 4 heteroatoms. The number of hydrogen-bond donors (Lipinski definition) is 2. The summed E-state index contributed by atoms with van der Waals surface area (Å²) in [6.07, 6.45) is 0.873. The van der Waals surface area contributed by atoms with E-state index in [1.54, 1.807) is 6.92 Å². The second-order valence-corrected chi connectivity index (χ2v) is 5.33. The van der Waals surface area contributed by atoms with E-state index in [1.165, 1.54) is 5.56 Å². The largest absolute Gasteiger partial charge is 0.397 e. The fraction of sp³-hybridized carbons (Fsp3) is 0.235. The number of nitrogen functional groups attached to an aromatic ring is 1. The number of carbonyl (C=O) groups is 1. The Morgan fingerprint density at radius 1 is 1.29 bits per heavy atom. The van der Waals surface area contributed by atoms with Crippen LogP contribution < -0.4 is 16.0 Å². The van der Waals surface area contributed by atoms with Crippen molar-refractivity contribution in [3.63, 3.8) is 0 Å². The third kappa shape index (κ3) is 2.70. The van der Waals surface area contributed by atoms with Crippen molar-refractivity contribution >= 4 is 23.0 Å². The lowest BCUT2D eigenvalue weighted by Gasteiger charge is -2.17. The van der Waals surface area contributed by atoms with Crippen LogP contribution in [0.25, 0.3) is 0 Å². The average molecular weight is 281 g/mol. The molecule has 1 amide bonds. The maximum absolute atomic E-state index is 11.7. The molecular formula is C17H19N3O. The minimum absolute atomic E-state index is 0.0764. The van der Waals surface area contributed by atoms with Crippen LogP contribution in [0.5, 0.6) is 0 Å². The van der Waals surface area contributed by atoms with Crippen molar-refractivity contribution in [3.05, 3.63) is 53.6 Å². The number of anilines is 3. The van der Waals surface area contributed by atoms with E-state index >= 15 is 0 Å². The van der Waals surface area contributed by atoms with Gasteiger partial charge in [0.2, 0.25) is 5.91 Å². The van der Waals surface area contributed by atoms with Gasteiger partial charge in [-0.25, -0.2) is 0 Å². The van der Waals surface area contributed by atoms with Crippen molar-refractivity contribution < 1.29 is 4.79 Å². The number of nitrogens with two attached hydrogens (primary N) is 1. The van der Waals surface area contributed by atoms with Gasteiger partial charge >= 0.3 is 0 Å². The van der Waals surface area contributed by atoms with Gasteiger partial charge in [-0.05, 0) is 29.7 Å². The van der Waals surface area contributed by atoms with E-state index in [-0.39, 0.29) is 5.91 Å². The molecule has 0 bridgehead atoms. The molecule has 3 N–H and O–H groups in total. The molecule has 0 fully saturated rings. The topological polar surface area (TPSA) is 58.4 Å². The van der Waals surface area contributed by atoms with Crippen LogP contribution in [0.3, 0.4) is 0 Å². The molecule has 0 radical (unpaired) electrons. The molecule has 1 heterocycles. The third-order valence-corrected chi connectivity index (χ3v) is 3.85. The normalized spacial score (nSPS) is 13.1. The van der Waals surface area contributed by atoms with Crippen LogP contribution in [0, 0.1) is 0 Å². The Labute approximate surface area is 124 Å². The van der Waals surface area contributed by atoms with Gasteiger partial charge in [-0.3, -0.25) is 4.79 Å². The number of nitrogens with one attached hydrogen (secondary N) is 1. The molecule has 0 aromatic heterocycles. The summed E-state index contributed by atoms with van der Waals surface area (Å²) < 4.78 is 0. The minimum atomic E-state index is 0.0764. The van der Waals surface area contributed by atoms with E-state index < -0.39 is 0 Å². The zero-order valence-corrected chi connectivity index (χ0v) is 12.1. The van der Waals surface area contributed by atoms with Gasteiger partial charge in [-0.2, -0.15) is 0 Å².